The molecule has 8 bridgehead atoms. The first-order chi connectivity index (χ1) is 41.9. The molecule has 3 aromatic heterocycles. The van der Waals surface area contributed by atoms with E-state index in [0.29, 0.717) is 45.9 Å². The first-order valence-corrected chi connectivity index (χ1v) is 32.5. The molecule has 19 heteroatoms. The fourth-order valence-corrected chi connectivity index (χ4v) is 16.1. The average molecular weight is 1300 g/mol. The van der Waals surface area contributed by atoms with Crippen LogP contribution in [0, 0.1) is 0 Å². The molecule has 0 amide bonds. The Morgan fingerprint density at radius 2 is 0.506 bits per heavy atom. The molecule has 0 unspecified atom stereocenters. The van der Waals surface area contributed by atoms with Crippen molar-refractivity contribution in [1.29, 1.82) is 0 Å². The van der Waals surface area contributed by atoms with Gasteiger partial charge in [0.2, 0.25) is 0 Å². The van der Waals surface area contributed by atoms with Gasteiger partial charge in [-0.15, -0.1) is 0 Å². The Labute approximate surface area is 516 Å². The number of benzene rings is 10. The van der Waals surface area contributed by atoms with Crippen molar-refractivity contribution in [2.45, 2.75) is 9.79 Å². The summed E-state index contributed by atoms with van der Waals surface area (Å²) in [6.45, 7) is 0. The standard InChI is InChI=1S/C32H16N8.2C18H15O3PS.Ru/c1-2-10-18-17(9-1)25-33-26(18)38-28-21-13-5-6-14-22(21)30(35-28)40-32-24-16-8-7-15-23(24)31(36-32)39-29-20-12-4-3-11-19(20)27(34-29)37-25;2*19-23(20,21)18-13-7-12-17(14-18)22(15-8-3-1-4-9-15)16-10-5-2-6-11-16;/h1-16H;2*1-14H,(H,19,20,21);/q-2;;;+2. The van der Waals surface area contributed by atoms with Crippen LogP contribution in [0.3, 0.4) is 0 Å². The number of nitrogens with zero attached hydrogens (tertiary/aromatic N) is 8. The Bertz CT molecular complexity index is 4560. The van der Waals surface area contributed by atoms with Crippen LogP contribution < -0.4 is 41.8 Å². The van der Waals surface area contributed by atoms with Gasteiger partial charge in [-0.2, -0.15) is 16.8 Å². The number of fused-ring (bicyclic) bond motifs is 20. The van der Waals surface area contributed by atoms with E-state index in [1.165, 1.54) is 12.1 Å². The minimum absolute atomic E-state index is 0. The van der Waals surface area contributed by atoms with Crippen LogP contribution >= 0.6 is 15.8 Å². The maximum Gasteiger partial charge on any atom is 2.00 e. The van der Waals surface area contributed by atoms with Gasteiger partial charge in [0.15, 0.2) is 0 Å². The number of hydrogen-bond donors (Lipinski definition) is 2. The van der Waals surface area contributed by atoms with Crippen molar-refractivity contribution in [2.75, 3.05) is 0 Å². The molecule has 0 fully saturated rings. The summed E-state index contributed by atoms with van der Waals surface area (Å²) in [5, 5.41) is 9.84. The van der Waals surface area contributed by atoms with Crippen LogP contribution in [0.5, 0.6) is 0 Å². The van der Waals surface area contributed by atoms with Gasteiger partial charge in [-0.1, -0.05) is 243 Å². The molecule has 0 atom stereocenters. The first-order valence-electron chi connectivity index (χ1n) is 27.0. The van der Waals surface area contributed by atoms with Gasteiger partial charge in [-0.05, 0) is 93.5 Å². The third-order valence-electron chi connectivity index (χ3n) is 14.1. The fourth-order valence-electron chi connectivity index (χ4n) is 10.2. The van der Waals surface area contributed by atoms with Gasteiger partial charge in [-0.3, -0.25) is 9.11 Å². The molecule has 5 heterocycles. The molecular formula is C68H46N8O6P2RuS2. The second-order valence-electron chi connectivity index (χ2n) is 19.6. The van der Waals surface area contributed by atoms with Gasteiger partial charge in [0.1, 0.15) is 0 Å². The summed E-state index contributed by atoms with van der Waals surface area (Å²) < 4.78 is 64.4. The Kier molecular flexibility index (Phi) is 16.8. The summed E-state index contributed by atoms with van der Waals surface area (Å²) >= 11 is 0. The zero-order valence-corrected chi connectivity index (χ0v) is 50.7. The van der Waals surface area contributed by atoms with Crippen molar-refractivity contribution >= 4 is 112 Å². The minimum Gasteiger partial charge on any atom is -0.357 e. The second kappa shape index (κ2) is 25.1. The predicted molar refractivity (Wildman–Crippen MR) is 344 cm³/mol. The van der Waals surface area contributed by atoms with Crippen LogP contribution in [0.1, 0.15) is 0 Å². The molecule has 424 valence electrons. The Morgan fingerprint density at radius 1 is 0.276 bits per heavy atom. The quantitative estimate of drug-likeness (QED) is 0.0823. The molecule has 87 heavy (non-hydrogen) atoms. The van der Waals surface area contributed by atoms with E-state index in [0.717, 1.165) is 75.6 Å². The summed E-state index contributed by atoms with van der Waals surface area (Å²) in [7, 11) is -10.2. The van der Waals surface area contributed by atoms with Gasteiger partial charge in [-0.25, -0.2) is 9.97 Å². The third kappa shape index (κ3) is 12.3. The second-order valence-corrected chi connectivity index (χ2v) is 26.9. The van der Waals surface area contributed by atoms with E-state index in [1.54, 1.807) is 24.3 Å². The van der Waals surface area contributed by atoms with Crippen molar-refractivity contribution in [3.05, 3.63) is 267 Å². The van der Waals surface area contributed by atoms with Crippen molar-refractivity contribution in [3.8, 4) is 45.6 Å². The zero-order valence-electron chi connectivity index (χ0n) is 45.6. The summed E-state index contributed by atoms with van der Waals surface area (Å²) in [5.41, 5.74) is 5.78. The van der Waals surface area contributed by atoms with Gasteiger partial charge in [0.05, 0.1) is 33.1 Å². The van der Waals surface area contributed by atoms with Gasteiger partial charge >= 0.3 is 19.5 Å². The van der Waals surface area contributed by atoms with E-state index in [9.17, 15) is 25.9 Å². The molecule has 0 saturated heterocycles. The molecule has 2 N–H and O–H groups in total. The fraction of sp³-hybridized carbons (Fsp3) is 0. The summed E-state index contributed by atoms with van der Waals surface area (Å²) in [6.07, 6.45) is 0. The maximum absolute atomic E-state index is 11.4. The molecule has 2 aliphatic rings. The van der Waals surface area contributed by atoms with E-state index in [4.69, 9.17) is 39.9 Å². The number of hydrogen-bond acceptors (Lipinski definition) is 10. The van der Waals surface area contributed by atoms with Crippen LogP contribution in [0.15, 0.2) is 277 Å². The van der Waals surface area contributed by atoms with E-state index in [-0.39, 0.29) is 29.3 Å². The van der Waals surface area contributed by atoms with Crippen LogP contribution in [-0.4, -0.2) is 55.8 Å². The molecule has 2 aliphatic heterocycles. The average Bonchev–Trinajstić information content (AvgIpc) is 1.90. The van der Waals surface area contributed by atoms with E-state index >= 15 is 0 Å². The SMILES string of the molecule is O=S(=O)(O)c1cccc(P(c2ccccc2)c2ccccc2)c1.O=S(=O)(O)c1cccc(P(c2ccccc2)c2ccccc2)c1.[Ru+2].c1ccc2c(c1)-c1nc-2nc2[n-]c(nc3nc(nc4[n-]c(n1)c1ccccc41)-c1ccccc1-3)c1ccccc21. The topological polar surface area (TPSA) is 214 Å². The normalized spacial score (nSPS) is 11.6. The first kappa shape index (κ1) is 58.3. The van der Waals surface area contributed by atoms with Gasteiger partial charge < -0.3 is 29.9 Å². The smallest absolute Gasteiger partial charge is 0.357 e. The van der Waals surface area contributed by atoms with Crippen molar-refractivity contribution in [2.24, 2.45) is 0 Å². The predicted octanol–water partition coefficient (Wildman–Crippen LogP) is 11.5. The number of rotatable bonds is 8. The summed E-state index contributed by atoms with van der Waals surface area (Å²) in [4.78, 5) is 39.1. The molecule has 14 nitrogen and oxygen atoms in total. The summed E-state index contributed by atoms with van der Waals surface area (Å²) in [6, 6.07) is 84.8. The van der Waals surface area contributed by atoms with Crippen molar-refractivity contribution in [3.63, 3.8) is 0 Å². The third-order valence-corrected chi connectivity index (χ3v) is 20.7. The van der Waals surface area contributed by atoms with Crippen LogP contribution in [-0.2, 0) is 39.7 Å². The monoisotopic (exact) mass is 1300 g/mol. The van der Waals surface area contributed by atoms with Crippen LogP contribution in [0.2, 0.25) is 0 Å². The molecule has 0 aliphatic carbocycles. The summed E-state index contributed by atoms with van der Waals surface area (Å²) in [5.74, 6) is 2.21. The molecule has 10 aromatic carbocycles. The Morgan fingerprint density at radius 3 is 0.759 bits per heavy atom. The van der Waals surface area contributed by atoms with Crippen molar-refractivity contribution in [1.82, 2.24) is 39.9 Å². The van der Waals surface area contributed by atoms with Crippen molar-refractivity contribution < 1.29 is 45.4 Å². The molecule has 13 aromatic rings. The molecular weight excluding hydrogens is 1250 g/mol. The number of aromatic nitrogens is 8. The molecule has 0 spiro atoms. The Hall–Kier alpha value is -9.14. The zero-order chi connectivity index (χ0) is 58.8. The maximum atomic E-state index is 11.4. The van der Waals surface area contributed by atoms with E-state index < -0.39 is 36.1 Å². The minimum atomic E-state index is -4.21. The Balaban J connectivity index is 0.000000136. The van der Waals surface area contributed by atoms with Crippen LogP contribution in [0.4, 0.5) is 0 Å². The largest absolute Gasteiger partial charge is 2.00 e. The van der Waals surface area contributed by atoms with E-state index in [1.807, 2.05) is 231 Å². The van der Waals surface area contributed by atoms with Gasteiger partial charge in [0.25, 0.3) is 20.2 Å². The molecule has 15 rings (SSSR count). The molecule has 0 saturated carbocycles. The van der Waals surface area contributed by atoms with Crippen LogP contribution in [0.25, 0.3) is 89.7 Å². The molecule has 0 radical (unpaired) electrons. The van der Waals surface area contributed by atoms with E-state index in [2.05, 4.69) is 0 Å². The van der Waals surface area contributed by atoms with Gasteiger partial charge in [0, 0.05) is 44.8 Å².